The molecule has 1 atom stereocenters. The van der Waals surface area contributed by atoms with Gasteiger partial charge in [0.15, 0.2) is 0 Å². The molecule has 0 bridgehead atoms. The highest BCUT2D eigenvalue weighted by Crippen LogP contribution is 2.07. The number of rotatable bonds is 3. The Bertz CT molecular complexity index is 70.9. The van der Waals surface area contributed by atoms with E-state index in [9.17, 15) is 4.79 Å². The van der Waals surface area contributed by atoms with Gasteiger partial charge in [-0.15, -0.1) is 11.6 Å². The van der Waals surface area contributed by atoms with Gasteiger partial charge in [-0.1, -0.05) is 13.8 Å². The highest BCUT2D eigenvalue weighted by molar-refractivity contribution is 6.27. The lowest BCUT2D eigenvalue weighted by Crippen LogP contribution is -2.03. The van der Waals surface area contributed by atoms with Crippen LogP contribution in [0.15, 0.2) is 0 Å². The number of hydrogen-bond acceptors (Lipinski definition) is 1. The third-order valence-corrected chi connectivity index (χ3v) is 1.13. The Kier molecular flexibility index (Phi) is 3.88. The van der Waals surface area contributed by atoms with E-state index in [-0.39, 0.29) is 5.38 Å². The Balaban J connectivity index is 3.23. The molecule has 0 spiro atoms. The lowest BCUT2D eigenvalue weighted by Gasteiger charge is -2.02. The molecular formula is C6H11ClO. The SMILES string of the molecule is CC(C)C[C@H](Cl)C=O. The van der Waals surface area contributed by atoms with E-state index in [1.54, 1.807) is 0 Å². The van der Waals surface area contributed by atoms with Crippen LogP contribution in [0.5, 0.6) is 0 Å². The first-order valence-electron chi connectivity index (χ1n) is 2.76. The molecule has 0 aliphatic heterocycles. The number of halogens is 1. The van der Waals surface area contributed by atoms with E-state index in [4.69, 9.17) is 11.6 Å². The highest BCUT2D eigenvalue weighted by atomic mass is 35.5. The Morgan fingerprint density at radius 1 is 1.62 bits per heavy atom. The molecule has 8 heavy (non-hydrogen) atoms. The van der Waals surface area contributed by atoms with Gasteiger partial charge in [0.2, 0.25) is 0 Å². The van der Waals surface area contributed by atoms with Gasteiger partial charge in [0.25, 0.3) is 0 Å². The maximum atomic E-state index is 9.91. The van der Waals surface area contributed by atoms with E-state index in [1.165, 1.54) is 0 Å². The molecule has 0 heterocycles. The summed E-state index contributed by atoms with van der Waals surface area (Å²) in [6, 6.07) is 0. The van der Waals surface area contributed by atoms with Crippen molar-refractivity contribution in [1.82, 2.24) is 0 Å². The lowest BCUT2D eigenvalue weighted by molar-refractivity contribution is -0.107. The normalized spacial score (nSPS) is 14.0. The first-order valence-corrected chi connectivity index (χ1v) is 3.19. The van der Waals surface area contributed by atoms with Crippen LogP contribution in [0.2, 0.25) is 0 Å². The zero-order chi connectivity index (χ0) is 6.57. The predicted octanol–water partition coefficient (Wildman–Crippen LogP) is 1.84. The monoisotopic (exact) mass is 134 g/mol. The molecule has 0 saturated heterocycles. The standard InChI is InChI=1S/C6H11ClO/c1-5(2)3-6(7)4-8/h4-6H,3H2,1-2H3/t6-/m0/s1. The number of carbonyl (C=O) groups excluding carboxylic acids is 1. The predicted molar refractivity (Wildman–Crippen MR) is 35.2 cm³/mol. The molecule has 0 saturated carbocycles. The van der Waals surface area contributed by atoms with Crippen LogP contribution in [0, 0.1) is 5.92 Å². The molecule has 0 fully saturated rings. The largest absolute Gasteiger partial charge is 0.302 e. The fraction of sp³-hybridized carbons (Fsp3) is 0.833. The fourth-order valence-corrected chi connectivity index (χ4v) is 0.862. The molecule has 0 radical (unpaired) electrons. The quantitative estimate of drug-likeness (QED) is 0.425. The zero-order valence-corrected chi connectivity index (χ0v) is 5.98. The van der Waals surface area contributed by atoms with Crippen molar-refractivity contribution in [3.63, 3.8) is 0 Å². The molecule has 0 rings (SSSR count). The van der Waals surface area contributed by atoms with Gasteiger partial charge in [-0.25, -0.2) is 0 Å². The molecule has 1 nitrogen and oxygen atoms in total. The topological polar surface area (TPSA) is 17.1 Å². The third-order valence-electron chi connectivity index (χ3n) is 0.844. The summed E-state index contributed by atoms with van der Waals surface area (Å²) >= 11 is 5.49. The summed E-state index contributed by atoms with van der Waals surface area (Å²) < 4.78 is 0. The van der Waals surface area contributed by atoms with Crippen molar-refractivity contribution < 1.29 is 4.79 Å². The molecule has 0 aliphatic carbocycles. The van der Waals surface area contributed by atoms with Crippen molar-refractivity contribution in [3.8, 4) is 0 Å². The van der Waals surface area contributed by atoms with Crippen LogP contribution in [0.3, 0.4) is 0 Å². The number of carbonyl (C=O) groups is 1. The van der Waals surface area contributed by atoms with E-state index < -0.39 is 0 Å². The summed E-state index contributed by atoms with van der Waals surface area (Å²) in [5.74, 6) is 0.516. The van der Waals surface area contributed by atoms with Gasteiger partial charge in [0, 0.05) is 0 Å². The second kappa shape index (κ2) is 3.90. The van der Waals surface area contributed by atoms with E-state index in [0.717, 1.165) is 12.7 Å². The minimum Gasteiger partial charge on any atom is -0.302 e. The molecule has 0 unspecified atom stereocenters. The fourth-order valence-electron chi connectivity index (χ4n) is 0.506. The van der Waals surface area contributed by atoms with Gasteiger partial charge in [-0.05, 0) is 12.3 Å². The van der Waals surface area contributed by atoms with E-state index in [1.807, 2.05) is 13.8 Å². The lowest BCUT2D eigenvalue weighted by atomic mass is 10.1. The van der Waals surface area contributed by atoms with Gasteiger partial charge in [-0.2, -0.15) is 0 Å². The van der Waals surface area contributed by atoms with Crippen LogP contribution in [0.25, 0.3) is 0 Å². The first-order chi connectivity index (χ1) is 3.66. The van der Waals surface area contributed by atoms with Gasteiger partial charge in [0.05, 0.1) is 5.38 Å². The Morgan fingerprint density at radius 2 is 2.12 bits per heavy atom. The third kappa shape index (κ3) is 4.13. The van der Waals surface area contributed by atoms with Crippen molar-refractivity contribution >= 4 is 17.9 Å². The van der Waals surface area contributed by atoms with Crippen LogP contribution in [0.1, 0.15) is 20.3 Å². The van der Waals surface area contributed by atoms with Crippen LogP contribution in [0.4, 0.5) is 0 Å². The average Bonchev–Trinajstić information content (AvgIpc) is 1.65. The second-order valence-electron chi connectivity index (χ2n) is 2.28. The summed E-state index contributed by atoms with van der Waals surface area (Å²) in [7, 11) is 0. The minimum atomic E-state index is -0.282. The van der Waals surface area contributed by atoms with E-state index >= 15 is 0 Å². The summed E-state index contributed by atoms with van der Waals surface area (Å²) in [6.07, 6.45) is 1.56. The molecular weight excluding hydrogens is 124 g/mol. The minimum absolute atomic E-state index is 0.282. The molecule has 0 aromatic heterocycles. The zero-order valence-electron chi connectivity index (χ0n) is 5.23. The number of hydrogen-bond donors (Lipinski definition) is 0. The molecule has 48 valence electrons. The maximum absolute atomic E-state index is 9.91. The first kappa shape index (κ1) is 7.96. The Labute approximate surface area is 55.0 Å². The van der Waals surface area contributed by atoms with Gasteiger partial charge in [0.1, 0.15) is 6.29 Å². The van der Waals surface area contributed by atoms with Gasteiger partial charge >= 0.3 is 0 Å². The van der Waals surface area contributed by atoms with Crippen LogP contribution in [-0.4, -0.2) is 11.7 Å². The molecule has 0 N–H and O–H groups in total. The van der Waals surface area contributed by atoms with E-state index in [0.29, 0.717) is 5.92 Å². The highest BCUT2D eigenvalue weighted by Gasteiger charge is 2.03. The molecule has 0 aromatic rings. The van der Waals surface area contributed by atoms with E-state index in [2.05, 4.69) is 0 Å². The smallest absolute Gasteiger partial charge is 0.137 e. The number of alkyl halides is 1. The molecule has 0 amide bonds. The summed E-state index contributed by atoms with van der Waals surface area (Å²) in [5.41, 5.74) is 0. The van der Waals surface area contributed by atoms with Crippen molar-refractivity contribution in [2.75, 3.05) is 0 Å². The van der Waals surface area contributed by atoms with Crippen LogP contribution in [-0.2, 0) is 4.79 Å². The van der Waals surface area contributed by atoms with Gasteiger partial charge < -0.3 is 4.79 Å². The summed E-state index contributed by atoms with van der Waals surface area (Å²) in [4.78, 5) is 9.91. The van der Waals surface area contributed by atoms with Crippen LogP contribution < -0.4 is 0 Å². The van der Waals surface area contributed by atoms with Gasteiger partial charge in [-0.3, -0.25) is 0 Å². The van der Waals surface area contributed by atoms with Crippen molar-refractivity contribution in [3.05, 3.63) is 0 Å². The Hall–Kier alpha value is -0.0400. The summed E-state index contributed by atoms with van der Waals surface area (Å²) in [5, 5.41) is -0.282. The van der Waals surface area contributed by atoms with Crippen molar-refractivity contribution in [1.29, 1.82) is 0 Å². The second-order valence-corrected chi connectivity index (χ2v) is 2.84. The molecule has 2 heteroatoms. The molecule has 0 aliphatic rings. The number of aldehydes is 1. The average molecular weight is 135 g/mol. The Morgan fingerprint density at radius 3 is 2.25 bits per heavy atom. The van der Waals surface area contributed by atoms with Crippen molar-refractivity contribution in [2.24, 2.45) is 5.92 Å². The van der Waals surface area contributed by atoms with Crippen molar-refractivity contribution in [2.45, 2.75) is 25.6 Å². The van der Waals surface area contributed by atoms with Crippen LogP contribution >= 0.6 is 11.6 Å². The summed E-state index contributed by atoms with van der Waals surface area (Å²) in [6.45, 7) is 4.08. The molecule has 0 aromatic carbocycles. The maximum Gasteiger partial charge on any atom is 0.137 e.